The third-order valence-electron chi connectivity index (χ3n) is 3.48. The van der Waals surface area contributed by atoms with Crippen molar-refractivity contribution >= 4 is 17.2 Å². The standard InChI is InChI=1S/C14H16N2O2S/c15-14(17)12-5-4-9(18-12)8-16-11-2-1-3-13-10(11)6-7-19-13/h4-7,11,16H,1-3,8H2,(H2,15,17)/t11-/m1/s1. The molecule has 0 aromatic carbocycles. The fourth-order valence-electron chi connectivity index (χ4n) is 2.53. The summed E-state index contributed by atoms with van der Waals surface area (Å²) in [6.07, 6.45) is 3.56. The van der Waals surface area contributed by atoms with Crippen LogP contribution in [0.1, 0.15) is 45.6 Å². The minimum atomic E-state index is -0.524. The minimum Gasteiger partial charge on any atom is -0.455 e. The van der Waals surface area contributed by atoms with Gasteiger partial charge in [0.25, 0.3) is 5.91 Å². The minimum absolute atomic E-state index is 0.219. The van der Waals surface area contributed by atoms with Crippen molar-refractivity contribution in [2.45, 2.75) is 31.8 Å². The Hall–Kier alpha value is -1.59. The van der Waals surface area contributed by atoms with E-state index in [-0.39, 0.29) is 5.76 Å². The Kier molecular flexibility index (Phi) is 3.40. The number of furan rings is 1. The summed E-state index contributed by atoms with van der Waals surface area (Å²) in [5.74, 6) is 0.442. The molecule has 1 aliphatic rings. The van der Waals surface area contributed by atoms with E-state index in [4.69, 9.17) is 10.2 Å². The van der Waals surface area contributed by atoms with Crippen LogP contribution in [0.15, 0.2) is 28.0 Å². The molecule has 0 unspecified atom stereocenters. The second-order valence-corrected chi connectivity index (χ2v) is 5.76. The number of carbonyl (C=O) groups is 1. The number of carbonyl (C=O) groups excluding carboxylic acids is 1. The first-order valence-electron chi connectivity index (χ1n) is 6.42. The first-order chi connectivity index (χ1) is 9.24. The maximum atomic E-state index is 11.0. The lowest BCUT2D eigenvalue weighted by Gasteiger charge is -2.23. The first kappa shape index (κ1) is 12.4. The van der Waals surface area contributed by atoms with E-state index in [1.807, 2.05) is 11.3 Å². The molecule has 0 aliphatic heterocycles. The summed E-state index contributed by atoms with van der Waals surface area (Å²) in [5.41, 5.74) is 6.58. The van der Waals surface area contributed by atoms with Gasteiger partial charge < -0.3 is 15.5 Å². The van der Waals surface area contributed by atoms with Crippen molar-refractivity contribution in [1.82, 2.24) is 5.32 Å². The third-order valence-corrected chi connectivity index (χ3v) is 4.48. The molecule has 2 aromatic rings. The Labute approximate surface area is 115 Å². The van der Waals surface area contributed by atoms with Crippen LogP contribution in [0.25, 0.3) is 0 Å². The van der Waals surface area contributed by atoms with Gasteiger partial charge in [0.2, 0.25) is 0 Å². The second kappa shape index (κ2) is 5.19. The fourth-order valence-corrected chi connectivity index (χ4v) is 3.52. The van der Waals surface area contributed by atoms with Crippen LogP contribution in [0.4, 0.5) is 0 Å². The predicted molar refractivity (Wildman–Crippen MR) is 74.1 cm³/mol. The van der Waals surface area contributed by atoms with Crippen LogP contribution in [-0.2, 0) is 13.0 Å². The van der Waals surface area contributed by atoms with Gasteiger partial charge in [-0.3, -0.25) is 4.79 Å². The zero-order chi connectivity index (χ0) is 13.2. The smallest absolute Gasteiger partial charge is 0.284 e. The molecular weight excluding hydrogens is 260 g/mol. The molecule has 0 saturated carbocycles. The molecule has 2 aromatic heterocycles. The molecule has 5 heteroatoms. The summed E-state index contributed by atoms with van der Waals surface area (Å²) in [5, 5.41) is 5.65. The van der Waals surface area contributed by atoms with Crippen molar-refractivity contribution in [3.63, 3.8) is 0 Å². The van der Waals surface area contributed by atoms with Gasteiger partial charge in [0.15, 0.2) is 5.76 Å². The SMILES string of the molecule is NC(=O)c1ccc(CN[C@@H]2CCCc3sccc32)o1. The highest BCUT2D eigenvalue weighted by molar-refractivity contribution is 7.10. The zero-order valence-corrected chi connectivity index (χ0v) is 11.3. The van der Waals surface area contributed by atoms with E-state index in [1.165, 1.54) is 23.3 Å². The van der Waals surface area contributed by atoms with Crippen molar-refractivity contribution in [2.24, 2.45) is 5.73 Å². The van der Waals surface area contributed by atoms with Crippen LogP contribution in [0.2, 0.25) is 0 Å². The fraction of sp³-hybridized carbons (Fsp3) is 0.357. The van der Waals surface area contributed by atoms with Gasteiger partial charge in [-0.15, -0.1) is 11.3 Å². The number of aryl methyl sites for hydroxylation is 1. The average Bonchev–Trinajstić information content (AvgIpc) is 3.05. The van der Waals surface area contributed by atoms with E-state index in [1.54, 1.807) is 12.1 Å². The number of nitrogens with one attached hydrogen (secondary N) is 1. The van der Waals surface area contributed by atoms with Crippen LogP contribution < -0.4 is 11.1 Å². The zero-order valence-electron chi connectivity index (χ0n) is 10.5. The van der Waals surface area contributed by atoms with Crippen LogP contribution >= 0.6 is 11.3 Å². The quantitative estimate of drug-likeness (QED) is 0.902. The number of fused-ring (bicyclic) bond motifs is 1. The predicted octanol–water partition coefficient (Wildman–Crippen LogP) is 2.61. The van der Waals surface area contributed by atoms with E-state index < -0.39 is 5.91 Å². The molecule has 3 rings (SSSR count). The Bertz CT molecular complexity index is 588. The summed E-state index contributed by atoms with van der Waals surface area (Å²) in [6.45, 7) is 0.618. The maximum absolute atomic E-state index is 11.0. The van der Waals surface area contributed by atoms with E-state index in [2.05, 4.69) is 16.8 Å². The highest BCUT2D eigenvalue weighted by Crippen LogP contribution is 2.33. The molecule has 1 atom stereocenters. The molecule has 0 spiro atoms. The van der Waals surface area contributed by atoms with Gasteiger partial charge in [0.1, 0.15) is 5.76 Å². The second-order valence-electron chi connectivity index (χ2n) is 4.76. The molecule has 0 saturated heterocycles. The molecule has 100 valence electrons. The number of primary amides is 1. The Morgan fingerprint density at radius 2 is 2.37 bits per heavy atom. The van der Waals surface area contributed by atoms with Gasteiger partial charge in [-0.25, -0.2) is 0 Å². The number of nitrogens with two attached hydrogens (primary N) is 1. The number of amides is 1. The Morgan fingerprint density at radius 1 is 1.47 bits per heavy atom. The molecular formula is C14H16N2O2S. The van der Waals surface area contributed by atoms with E-state index >= 15 is 0 Å². The van der Waals surface area contributed by atoms with Crippen molar-refractivity contribution in [2.75, 3.05) is 0 Å². The molecule has 3 N–H and O–H groups in total. The normalized spacial score (nSPS) is 18.2. The van der Waals surface area contributed by atoms with E-state index in [9.17, 15) is 4.79 Å². The molecule has 1 amide bonds. The van der Waals surface area contributed by atoms with Gasteiger partial charge in [-0.05, 0) is 48.4 Å². The number of thiophene rings is 1. The number of rotatable bonds is 4. The van der Waals surface area contributed by atoms with Crippen LogP contribution in [0.3, 0.4) is 0 Å². The lowest BCUT2D eigenvalue weighted by atomic mass is 9.94. The van der Waals surface area contributed by atoms with E-state index in [0.29, 0.717) is 12.6 Å². The Balaban J connectivity index is 1.65. The largest absolute Gasteiger partial charge is 0.455 e. The maximum Gasteiger partial charge on any atom is 0.284 e. The van der Waals surface area contributed by atoms with Crippen molar-refractivity contribution < 1.29 is 9.21 Å². The molecule has 0 fully saturated rings. The van der Waals surface area contributed by atoms with Crippen LogP contribution in [0.5, 0.6) is 0 Å². The van der Waals surface area contributed by atoms with Crippen LogP contribution in [-0.4, -0.2) is 5.91 Å². The monoisotopic (exact) mass is 276 g/mol. The molecule has 0 radical (unpaired) electrons. The molecule has 4 nitrogen and oxygen atoms in total. The summed E-state index contributed by atoms with van der Waals surface area (Å²) in [7, 11) is 0. The average molecular weight is 276 g/mol. The van der Waals surface area contributed by atoms with Crippen molar-refractivity contribution in [3.8, 4) is 0 Å². The summed E-state index contributed by atoms with van der Waals surface area (Å²) < 4.78 is 5.37. The highest BCUT2D eigenvalue weighted by Gasteiger charge is 2.21. The van der Waals surface area contributed by atoms with Crippen molar-refractivity contribution in [3.05, 3.63) is 45.5 Å². The van der Waals surface area contributed by atoms with Gasteiger partial charge >= 0.3 is 0 Å². The molecule has 1 aliphatic carbocycles. The van der Waals surface area contributed by atoms with Gasteiger partial charge in [-0.1, -0.05) is 0 Å². The van der Waals surface area contributed by atoms with Crippen molar-refractivity contribution in [1.29, 1.82) is 0 Å². The number of hydrogen-bond acceptors (Lipinski definition) is 4. The van der Waals surface area contributed by atoms with Gasteiger partial charge in [0.05, 0.1) is 6.54 Å². The summed E-state index contributed by atoms with van der Waals surface area (Å²) in [6, 6.07) is 6.01. The van der Waals surface area contributed by atoms with Gasteiger partial charge in [0, 0.05) is 10.9 Å². The molecule has 19 heavy (non-hydrogen) atoms. The Morgan fingerprint density at radius 3 is 3.16 bits per heavy atom. The first-order valence-corrected chi connectivity index (χ1v) is 7.30. The third kappa shape index (κ3) is 2.57. The van der Waals surface area contributed by atoms with Gasteiger partial charge in [-0.2, -0.15) is 0 Å². The number of hydrogen-bond donors (Lipinski definition) is 2. The lowest BCUT2D eigenvalue weighted by Crippen LogP contribution is -2.23. The summed E-state index contributed by atoms with van der Waals surface area (Å²) >= 11 is 1.83. The van der Waals surface area contributed by atoms with E-state index in [0.717, 1.165) is 12.2 Å². The topological polar surface area (TPSA) is 68.3 Å². The van der Waals surface area contributed by atoms with Crippen LogP contribution in [0, 0.1) is 0 Å². The highest BCUT2D eigenvalue weighted by atomic mass is 32.1. The lowest BCUT2D eigenvalue weighted by molar-refractivity contribution is 0.0972. The molecule has 2 heterocycles. The molecule has 0 bridgehead atoms. The summed E-state index contributed by atoms with van der Waals surface area (Å²) in [4.78, 5) is 12.4.